The Balaban J connectivity index is 2.23. The van der Waals surface area contributed by atoms with Gasteiger partial charge in [-0.05, 0) is 74.2 Å². The second-order valence-corrected chi connectivity index (χ2v) is 5.66. The molecule has 2 rings (SSSR count). The summed E-state index contributed by atoms with van der Waals surface area (Å²) in [5.74, 6) is 0.732. The summed E-state index contributed by atoms with van der Waals surface area (Å²) in [6.45, 7) is 6.99. The molecule has 0 heterocycles. The van der Waals surface area contributed by atoms with Gasteiger partial charge in [0, 0.05) is 11.1 Å². The molecule has 2 aromatic carbocycles. The Morgan fingerprint density at radius 2 is 1.00 bits per heavy atom. The predicted molar refractivity (Wildman–Crippen MR) is 89.3 cm³/mol. The lowest BCUT2D eigenvalue weighted by Crippen LogP contribution is -2.16. The maximum Gasteiger partial charge on any atom is 0.519 e. The number of benzene rings is 2. The third-order valence-corrected chi connectivity index (χ3v) is 3.61. The fourth-order valence-electron chi connectivity index (χ4n) is 2.61. The first-order valence-electron chi connectivity index (χ1n) is 7.38. The molecule has 0 amide bonds. The van der Waals surface area contributed by atoms with Gasteiger partial charge in [0.25, 0.3) is 0 Å². The molecule has 2 aromatic rings. The Hall–Kier alpha value is -2.95. The minimum absolute atomic E-state index is 0.366. The van der Waals surface area contributed by atoms with Gasteiger partial charge in [0.05, 0.1) is 0 Å². The lowest BCUT2D eigenvalue weighted by Gasteiger charge is -2.14. The second kappa shape index (κ2) is 7.08. The van der Waals surface area contributed by atoms with Crippen LogP contribution in [-0.2, 0) is 0 Å². The average Bonchev–Trinajstić information content (AvgIpc) is 2.53. The maximum atomic E-state index is 12.1. The van der Waals surface area contributed by atoms with Crippen LogP contribution in [0, 0.1) is 27.7 Å². The highest BCUT2D eigenvalue weighted by Gasteiger charge is 2.16. The van der Waals surface area contributed by atoms with Crippen LogP contribution < -0.4 is 9.47 Å². The zero-order chi connectivity index (χ0) is 17.9. The van der Waals surface area contributed by atoms with Gasteiger partial charge >= 0.3 is 6.16 Å². The first kappa shape index (κ1) is 17.4. The quantitative estimate of drug-likeness (QED) is 0.480. The van der Waals surface area contributed by atoms with Gasteiger partial charge in [-0.15, -0.1) is 0 Å². The summed E-state index contributed by atoms with van der Waals surface area (Å²) in [5, 5.41) is 0. The lowest BCUT2D eigenvalue weighted by atomic mass is 10.1. The average molecular weight is 326 g/mol. The van der Waals surface area contributed by atoms with Crippen LogP contribution in [0.4, 0.5) is 4.79 Å². The van der Waals surface area contributed by atoms with Crippen LogP contribution in [0.15, 0.2) is 24.3 Å². The second-order valence-electron chi connectivity index (χ2n) is 5.66. The zero-order valence-corrected chi connectivity index (χ0v) is 14.0. The highest BCUT2D eigenvalue weighted by atomic mass is 16.7. The van der Waals surface area contributed by atoms with E-state index in [1.165, 1.54) is 0 Å². The van der Waals surface area contributed by atoms with Crippen molar-refractivity contribution in [2.45, 2.75) is 27.7 Å². The Labute approximate surface area is 140 Å². The molecule has 0 aromatic heterocycles. The van der Waals surface area contributed by atoms with Gasteiger partial charge < -0.3 is 9.47 Å². The molecule has 0 saturated heterocycles. The van der Waals surface area contributed by atoms with Gasteiger partial charge in [-0.1, -0.05) is 0 Å². The fourth-order valence-corrected chi connectivity index (χ4v) is 2.61. The SMILES string of the molecule is Cc1cc(C=O)cc(C)c1OC(=O)Oc1c(C)cc(C=O)cc1C. The minimum atomic E-state index is -0.870. The molecule has 0 N–H and O–H groups in total. The molecule has 0 atom stereocenters. The largest absolute Gasteiger partial charge is 0.519 e. The van der Waals surface area contributed by atoms with Crippen LogP contribution in [-0.4, -0.2) is 18.7 Å². The van der Waals surface area contributed by atoms with E-state index >= 15 is 0 Å². The van der Waals surface area contributed by atoms with Gasteiger partial charge in [-0.2, -0.15) is 0 Å². The molecular weight excluding hydrogens is 308 g/mol. The predicted octanol–water partition coefficient (Wildman–Crippen LogP) is 4.12. The van der Waals surface area contributed by atoms with Crippen molar-refractivity contribution >= 4 is 18.7 Å². The monoisotopic (exact) mass is 326 g/mol. The molecule has 0 aliphatic carbocycles. The topological polar surface area (TPSA) is 69.7 Å². The van der Waals surface area contributed by atoms with Gasteiger partial charge in [0.15, 0.2) is 0 Å². The Kier molecular flexibility index (Phi) is 5.14. The molecule has 0 aliphatic heterocycles. The van der Waals surface area contributed by atoms with E-state index < -0.39 is 6.16 Å². The summed E-state index contributed by atoms with van der Waals surface area (Å²) >= 11 is 0. The molecule has 0 bridgehead atoms. The third-order valence-electron chi connectivity index (χ3n) is 3.61. The van der Waals surface area contributed by atoms with Crippen LogP contribution in [0.1, 0.15) is 43.0 Å². The highest BCUT2D eigenvalue weighted by Crippen LogP contribution is 2.27. The number of ether oxygens (including phenoxy) is 2. The maximum absolute atomic E-state index is 12.1. The van der Waals surface area contributed by atoms with Crippen LogP contribution in [0.25, 0.3) is 0 Å². The van der Waals surface area contributed by atoms with Crippen LogP contribution in [0.3, 0.4) is 0 Å². The van der Waals surface area contributed by atoms with Crippen molar-refractivity contribution in [3.63, 3.8) is 0 Å². The molecule has 0 aliphatic rings. The Morgan fingerprint density at radius 1 is 0.708 bits per heavy atom. The molecule has 0 fully saturated rings. The number of rotatable bonds is 4. The number of aryl methyl sites for hydroxylation is 4. The van der Waals surface area contributed by atoms with E-state index in [1.807, 2.05) is 0 Å². The zero-order valence-electron chi connectivity index (χ0n) is 14.0. The van der Waals surface area contributed by atoms with Crippen LogP contribution >= 0.6 is 0 Å². The minimum Gasteiger partial charge on any atom is -0.394 e. The normalized spacial score (nSPS) is 10.2. The van der Waals surface area contributed by atoms with Crippen molar-refractivity contribution in [3.05, 3.63) is 57.6 Å². The van der Waals surface area contributed by atoms with Gasteiger partial charge in [-0.3, -0.25) is 9.59 Å². The summed E-state index contributed by atoms with van der Waals surface area (Å²) in [5.41, 5.74) is 3.69. The number of carbonyl (C=O) groups is 3. The van der Waals surface area contributed by atoms with E-state index in [1.54, 1.807) is 52.0 Å². The summed E-state index contributed by atoms with van der Waals surface area (Å²) in [4.78, 5) is 33.8. The van der Waals surface area contributed by atoms with Crippen molar-refractivity contribution in [3.8, 4) is 11.5 Å². The Bertz CT molecular complexity index is 707. The van der Waals surface area contributed by atoms with Gasteiger partial charge in [0.2, 0.25) is 0 Å². The number of hydrogen-bond acceptors (Lipinski definition) is 5. The summed E-state index contributed by atoms with van der Waals surface area (Å²) < 4.78 is 10.6. The molecule has 24 heavy (non-hydrogen) atoms. The molecule has 0 radical (unpaired) electrons. The molecule has 124 valence electrons. The molecule has 0 saturated carbocycles. The summed E-state index contributed by atoms with van der Waals surface area (Å²) in [7, 11) is 0. The molecule has 5 heteroatoms. The van der Waals surface area contributed by atoms with Gasteiger partial charge in [-0.25, -0.2) is 4.79 Å². The van der Waals surface area contributed by atoms with Crippen molar-refractivity contribution in [2.75, 3.05) is 0 Å². The van der Waals surface area contributed by atoms with E-state index in [0.29, 0.717) is 44.9 Å². The van der Waals surface area contributed by atoms with Crippen molar-refractivity contribution < 1.29 is 23.9 Å². The van der Waals surface area contributed by atoms with Crippen LogP contribution in [0.2, 0.25) is 0 Å². The van der Waals surface area contributed by atoms with Crippen molar-refractivity contribution in [1.29, 1.82) is 0 Å². The van der Waals surface area contributed by atoms with E-state index in [9.17, 15) is 14.4 Å². The smallest absolute Gasteiger partial charge is 0.394 e. The van der Waals surface area contributed by atoms with E-state index in [0.717, 1.165) is 12.6 Å². The van der Waals surface area contributed by atoms with Crippen molar-refractivity contribution in [1.82, 2.24) is 0 Å². The van der Waals surface area contributed by atoms with E-state index in [-0.39, 0.29) is 0 Å². The summed E-state index contributed by atoms with van der Waals surface area (Å²) in [6.07, 6.45) is 0.609. The van der Waals surface area contributed by atoms with Gasteiger partial charge in [0.1, 0.15) is 24.1 Å². The van der Waals surface area contributed by atoms with E-state index in [4.69, 9.17) is 9.47 Å². The molecule has 0 spiro atoms. The highest BCUT2D eigenvalue weighted by molar-refractivity contribution is 5.78. The number of hydrogen-bond donors (Lipinski definition) is 0. The fraction of sp³-hybridized carbons (Fsp3) is 0.211. The van der Waals surface area contributed by atoms with Crippen LogP contribution in [0.5, 0.6) is 11.5 Å². The molecule has 0 unspecified atom stereocenters. The Morgan fingerprint density at radius 3 is 1.25 bits per heavy atom. The number of carbonyl (C=O) groups excluding carboxylic acids is 3. The third kappa shape index (κ3) is 3.68. The molecule has 5 nitrogen and oxygen atoms in total. The van der Waals surface area contributed by atoms with Crippen molar-refractivity contribution in [2.24, 2.45) is 0 Å². The standard InChI is InChI=1S/C19H18O5/c1-11-5-15(9-20)6-12(2)17(11)23-19(22)24-18-13(3)7-16(10-21)8-14(18)4/h5-10H,1-4H3. The summed E-state index contributed by atoms with van der Waals surface area (Å²) in [6, 6.07) is 6.55. The number of aldehydes is 2. The first-order chi connectivity index (χ1) is 11.3. The lowest BCUT2D eigenvalue weighted by molar-refractivity contribution is 0.111. The molecular formula is C19H18O5. The first-order valence-corrected chi connectivity index (χ1v) is 7.38. The van der Waals surface area contributed by atoms with E-state index in [2.05, 4.69) is 0 Å².